The Kier molecular flexibility index (Phi) is 4.19. The van der Waals surface area contributed by atoms with Gasteiger partial charge < -0.3 is 22.5 Å². The van der Waals surface area contributed by atoms with E-state index in [9.17, 15) is 9.18 Å². The first-order valence-corrected chi connectivity index (χ1v) is 4.89. The van der Waals surface area contributed by atoms with Crippen LogP contribution in [0.4, 0.5) is 10.1 Å². The molecule has 1 aromatic rings. The van der Waals surface area contributed by atoms with Crippen molar-refractivity contribution >= 4 is 23.5 Å². The smallest absolute Gasteiger partial charge is 0.251 e. The number of benzene rings is 1. The number of hydrogen-bond donors (Lipinski definition) is 4. The number of nitrogens with one attached hydrogen (secondary N) is 1. The van der Waals surface area contributed by atoms with Gasteiger partial charge in [-0.1, -0.05) is 0 Å². The summed E-state index contributed by atoms with van der Waals surface area (Å²) in [5.41, 5.74) is 15.6. The molecule has 0 radical (unpaired) electrons. The van der Waals surface area contributed by atoms with E-state index in [0.29, 0.717) is 0 Å². The fourth-order valence-corrected chi connectivity index (χ4v) is 1.16. The molecule has 7 nitrogen and oxygen atoms in total. The van der Waals surface area contributed by atoms with Gasteiger partial charge in [0, 0.05) is 12.6 Å². The van der Waals surface area contributed by atoms with Gasteiger partial charge in [-0.3, -0.25) is 4.79 Å². The molecule has 0 saturated heterocycles. The number of halogens is 1. The van der Waals surface area contributed by atoms with E-state index in [1.807, 2.05) is 0 Å². The molecule has 0 atom stereocenters. The maximum absolute atomic E-state index is 13.6. The lowest BCUT2D eigenvalue weighted by Crippen LogP contribution is -2.26. The Hall–Kier alpha value is -2.64. The molecule has 0 unspecified atom stereocenters. The van der Waals surface area contributed by atoms with Crippen LogP contribution in [0.5, 0.6) is 0 Å². The molecule has 0 bridgehead atoms. The van der Waals surface area contributed by atoms with Crippen LogP contribution in [0.15, 0.2) is 28.2 Å². The lowest BCUT2D eigenvalue weighted by atomic mass is 10.2. The molecule has 0 saturated carbocycles. The van der Waals surface area contributed by atoms with Gasteiger partial charge in [-0.25, -0.2) is 9.38 Å². The fourth-order valence-electron chi connectivity index (χ4n) is 1.16. The normalized spacial score (nSPS) is 10.9. The Morgan fingerprint density at radius 2 is 2.00 bits per heavy atom. The zero-order valence-corrected chi connectivity index (χ0v) is 9.64. The zero-order chi connectivity index (χ0) is 13.7. The summed E-state index contributed by atoms with van der Waals surface area (Å²) in [6, 6.07) is 3.75. The fraction of sp³-hybridized carbons (Fsp3) is 0.100. The minimum atomic E-state index is -0.704. The number of rotatable bonds is 2. The molecule has 0 aliphatic rings. The quantitative estimate of drug-likeness (QED) is 0.413. The molecule has 0 aliphatic carbocycles. The summed E-state index contributed by atoms with van der Waals surface area (Å²) in [4.78, 5) is 18.4. The van der Waals surface area contributed by atoms with Crippen LogP contribution in [0.1, 0.15) is 10.4 Å². The van der Waals surface area contributed by atoms with Gasteiger partial charge in [-0.05, 0) is 18.2 Å². The summed E-state index contributed by atoms with van der Waals surface area (Å²) in [7, 11) is 1.45. The predicted octanol–water partition coefficient (Wildman–Crippen LogP) is -0.595. The molecular formula is C10H13FN6O. The average molecular weight is 252 g/mol. The van der Waals surface area contributed by atoms with E-state index >= 15 is 0 Å². The van der Waals surface area contributed by atoms with Crippen LogP contribution in [0.2, 0.25) is 0 Å². The third-order valence-electron chi connectivity index (χ3n) is 1.92. The van der Waals surface area contributed by atoms with Crippen LogP contribution in [-0.4, -0.2) is 24.9 Å². The second kappa shape index (κ2) is 5.62. The van der Waals surface area contributed by atoms with E-state index in [-0.39, 0.29) is 23.2 Å². The van der Waals surface area contributed by atoms with Crippen LogP contribution in [0, 0.1) is 5.82 Å². The third-order valence-corrected chi connectivity index (χ3v) is 1.92. The Labute approximate surface area is 103 Å². The minimum absolute atomic E-state index is 0.0647. The topological polar surface area (TPSA) is 132 Å². The van der Waals surface area contributed by atoms with E-state index in [4.69, 9.17) is 17.2 Å². The van der Waals surface area contributed by atoms with Crippen molar-refractivity contribution in [2.75, 3.05) is 7.05 Å². The summed E-state index contributed by atoms with van der Waals surface area (Å²) >= 11 is 0. The number of nitrogens with zero attached hydrogens (tertiary/aromatic N) is 2. The van der Waals surface area contributed by atoms with Gasteiger partial charge in [0.2, 0.25) is 5.96 Å². The van der Waals surface area contributed by atoms with E-state index in [1.54, 1.807) is 0 Å². The molecular weight excluding hydrogens is 239 g/mol. The summed E-state index contributed by atoms with van der Waals surface area (Å²) in [5, 5.41) is 2.37. The Balaban J connectivity index is 3.07. The summed E-state index contributed by atoms with van der Waals surface area (Å²) in [6.07, 6.45) is 0. The highest BCUT2D eigenvalue weighted by atomic mass is 19.1. The monoisotopic (exact) mass is 252 g/mol. The molecule has 1 rings (SSSR count). The molecule has 0 aliphatic heterocycles. The predicted molar refractivity (Wildman–Crippen MR) is 66.9 cm³/mol. The number of carbonyl (C=O) groups excluding carboxylic acids is 1. The molecule has 18 heavy (non-hydrogen) atoms. The molecule has 96 valence electrons. The van der Waals surface area contributed by atoms with E-state index in [2.05, 4.69) is 15.3 Å². The summed E-state index contributed by atoms with van der Waals surface area (Å²) in [5.74, 6) is -1.66. The second-order valence-corrected chi connectivity index (χ2v) is 3.25. The Morgan fingerprint density at radius 3 is 2.50 bits per heavy atom. The SMILES string of the molecule is CNC(=O)c1ccc(N=C(N)N=C(N)N)c(F)c1. The molecule has 0 heterocycles. The first-order valence-electron chi connectivity index (χ1n) is 4.89. The molecule has 0 spiro atoms. The van der Waals surface area contributed by atoms with E-state index in [0.717, 1.165) is 6.07 Å². The van der Waals surface area contributed by atoms with Crippen molar-refractivity contribution in [2.24, 2.45) is 27.2 Å². The number of nitrogens with two attached hydrogens (primary N) is 3. The van der Waals surface area contributed by atoms with Gasteiger partial charge >= 0.3 is 0 Å². The second-order valence-electron chi connectivity index (χ2n) is 3.25. The van der Waals surface area contributed by atoms with Gasteiger partial charge in [0.25, 0.3) is 5.91 Å². The number of hydrogen-bond acceptors (Lipinski definition) is 2. The summed E-state index contributed by atoms with van der Waals surface area (Å²) in [6.45, 7) is 0. The highest BCUT2D eigenvalue weighted by molar-refractivity contribution is 5.95. The Bertz CT molecular complexity index is 521. The van der Waals surface area contributed by atoms with Crippen LogP contribution < -0.4 is 22.5 Å². The van der Waals surface area contributed by atoms with Crippen molar-refractivity contribution in [3.05, 3.63) is 29.6 Å². The lowest BCUT2D eigenvalue weighted by Gasteiger charge is -2.02. The van der Waals surface area contributed by atoms with Crippen molar-refractivity contribution in [3.63, 3.8) is 0 Å². The van der Waals surface area contributed by atoms with Crippen molar-refractivity contribution in [1.29, 1.82) is 0 Å². The van der Waals surface area contributed by atoms with Crippen molar-refractivity contribution in [3.8, 4) is 0 Å². The molecule has 0 fully saturated rings. The highest BCUT2D eigenvalue weighted by Gasteiger charge is 2.08. The molecule has 1 aromatic carbocycles. The van der Waals surface area contributed by atoms with Crippen LogP contribution in [0.3, 0.4) is 0 Å². The number of amides is 1. The molecule has 7 N–H and O–H groups in total. The minimum Gasteiger partial charge on any atom is -0.370 e. The van der Waals surface area contributed by atoms with Gasteiger partial charge in [-0.2, -0.15) is 4.99 Å². The van der Waals surface area contributed by atoms with E-state index < -0.39 is 11.7 Å². The van der Waals surface area contributed by atoms with Crippen LogP contribution in [-0.2, 0) is 0 Å². The van der Waals surface area contributed by atoms with Crippen molar-refractivity contribution in [1.82, 2.24) is 5.32 Å². The maximum atomic E-state index is 13.6. The van der Waals surface area contributed by atoms with Gasteiger partial charge in [-0.15, -0.1) is 0 Å². The Morgan fingerprint density at radius 1 is 1.33 bits per heavy atom. The molecule has 1 amide bonds. The number of aliphatic imine (C=N–C) groups is 2. The standard InChI is InChI=1S/C10H13FN6O/c1-15-8(18)5-2-3-7(6(11)4-5)16-10(14)17-9(12)13/h2-4H,1H3,(H,15,18)(H6,12,13,14,16,17). The highest BCUT2D eigenvalue weighted by Crippen LogP contribution is 2.19. The van der Waals surface area contributed by atoms with E-state index in [1.165, 1.54) is 19.2 Å². The zero-order valence-electron chi connectivity index (χ0n) is 9.64. The first-order chi connectivity index (χ1) is 8.43. The molecule has 0 aromatic heterocycles. The largest absolute Gasteiger partial charge is 0.370 e. The van der Waals surface area contributed by atoms with Crippen LogP contribution >= 0.6 is 0 Å². The number of carbonyl (C=O) groups is 1. The third kappa shape index (κ3) is 3.44. The van der Waals surface area contributed by atoms with Gasteiger partial charge in [0.05, 0.1) is 0 Å². The molecule has 8 heteroatoms. The average Bonchev–Trinajstić information content (AvgIpc) is 2.29. The van der Waals surface area contributed by atoms with Crippen LogP contribution in [0.25, 0.3) is 0 Å². The number of guanidine groups is 2. The first kappa shape index (κ1) is 13.4. The van der Waals surface area contributed by atoms with Crippen molar-refractivity contribution in [2.45, 2.75) is 0 Å². The van der Waals surface area contributed by atoms with Gasteiger partial charge in [0.1, 0.15) is 11.5 Å². The van der Waals surface area contributed by atoms with Crippen molar-refractivity contribution < 1.29 is 9.18 Å². The van der Waals surface area contributed by atoms with Gasteiger partial charge in [0.15, 0.2) is 5.96 Å². The lowest BCUT2D eigenvalue weighted by molar-refractivity contribution is 0.0962. The summed E-state index contributed by atoms with van der Waals surface area (Å²) < 4.78 is 13.6. The maximum Gasteiger partial charge on any atom is 0.251 e.